The molecule has 1 fully saturated rings. The third kappa shape index (κ3) is 3.56. The molecule has 1 saturated heterocycles. The molecule has 1 atom stereocenters. The number of likely N-dealkylation sites (tertiary alicyclic amines) is 1. The van der Waals surface area contributed by atoms with E-state index < -0.39 is 0 Å². The van der Waals surface area contributed by atoms with E-state index >= 15 is 0 Å². The van der Waals surface area contributed by atoms with Crippen molar-refractivity contribution in [2.45, 2.75) is 70.8 Å². The molecule has 0 aliphatic carbocycles. The molecule has 4 rings (SSSR count). The van der Waals surface area contributed by atoms with Crippen LogP contribution in [0.1, 0.15) is 85.6 Å². The molecular formula is C19H27BrN6O. The third-order valence-electron chi connectivity index (χ3n) is 5.72. The van der Waals surface area contributed by atoms with Crippen LogP contribution in [-0.4, -0.2) is 48.9 Å². The summed E-state index contributed by atoms with van der Waals surface area (Å²) < 4.78 is 3.11. The zero-order valence-corrected chi connectivity index (χ0v) is 17.6. The number of nitrogens with zero attached hydrogens (tertiary/aromatic N) is 5. The molecule has 0 bridgehead atoms. The van der Waals surface area contributed by atoms with E-state index in [2.05, 4.69) is 54.7 Å². The van der Waals surface area contributed by atoms with Crippen LogP contribution in [0.4, 0.5) is 0 Å². The molecule has 0 radical (unpaired) electrons. The molecule has 146 valence electrons. The highest BCUT2D eigenvalue weighted by Crippen LogP contribution is 2.31. The van der Waals surface area contributed by atoms with E-state index in [4.69, 9.17) is 0 Å². The van der Waals surface area contributed by atoms with Gasteiger partial charge < -0.3 is 9.47 Å². The Labute approximate surface area is 168 Å². The highest BCUT2D eigenvalue weighted by atomic mass is 79.9. The van der Waals surface area contributed by atoms with E-state index in [0.717, 1.165) is 54.2 Å². The van der Waals surface area contributed by atoms with Crippen LogP contribution in [0, 0.1) is 0 Å². The lowest BCUT2D eigenvalue weighted by molar-refractivity contribution is 0.0696. The summed E-state index contributed by atoms with van der Waals surface area (Å²) >= 11 is 3.56. The van der Waals surface area contributed by atoms with Crippen molar-refractivity contribution in [1.29, 1.82) is 0 Å². The SMILES string of the molecule is CC(C)c1[nH]nc(C(=O)N2CCCC(c3nnc4n3CCCCC4)C2)c1Br. The smallest absolute Gasteiger partial charge is 0.275 e. The third-order valence-corrected chi connectivity index (χ3v) is 6.53. The monoisotopic (exact) mass is 434 g/mol. The molecule has 2 aromatic heterocycles. The maximum Gasteiger partial charge on any atom is 0.275 e. The van der Waals surface area contributed by atoms with Crippen molar-refractivity contribution in [3.05, 3.63) is 27.5 Å². The van der Waals surface area contributed by atoms with Crippen LogP contribution in [0.3, 0.4) is 0 Å². The second kappa shape index (κ2) is 7.73. The molecule has 0 saturated carbocycles. The van der Waals surface area contributed by atoms with Gasteiger partial charge in [-0.05, 0) is 47.5 Å². The number of H-pyrrole nitrogens is 1. The fraction of sp³-hybridized carbons (Fsp3) is 0.684. The Morgan fingerprint density at radius 1 is 1.19 bits per heavy atom. The number of rotatable bonds is 3. The predicted octanol–water partition coefficient (Wildman–Crippen LogP) is 3.63. The first-order valence-corrected chi connectivity index (χ1v) is 10.8. The summed E-state index contributed by atoms with van der Waals surface area (Å²) in [6, 6.07) is 0. The normalized spacial score (nSPS) is 20.6. The number of fused-ring (bicyclic) bond motifs is 1. The molecule has 1 N–H and O–H groups in total. The van der Waals surface area contributed by atoms with Gasteiger partial charge >= 0.3 is 0 Å². The first-order valence-electron chi connectivity index (χ1n) is 10.0. The van der Waals surface area contributed by atoms with E-state index in [-0.39, 0.29) is 17.7 Å². The van der Waals surface area contributed by atoms with Gasteiger partial charge in [-0.2, -0.15) is 5.10 Å². The minimum atomic E-state index is -0.00895. The van der Waals surface area contributed by atoms with Gasteiger partial charge in [0.05, 0.1) is 10.2 Å². The van der Waals surface area contributed by atoms with Crippen molar-refractivity contribution in [3.8, 4) is 0 Å². The molecule has 27 heavy (non-hydrogen) atoms. The maximum absolute atomic E-state index is 13.1. The maximum atomic E-state index is 13.1. The van der Waals surface area contributed by atoms with Crippen molar-refractivity contribution >= 4 is 21.8 Å². The Morgan fingerprint density at radius 3 is 2.81 bits per heavy atom. The summed E-state index contributed by atoms with van der Waals surface area (Å²) in [5.41, 5.74) is 1.45. The molecule has 8 heteroatoms. The number of aromatic nitrogens is 5. The quantitative estimate of drug-likeness (QED) is 0.799. The number of nitrogens with one attached hydrogen (secondary N) is 1. The van der Waals surface area contributed by atoms with Crippen molar-refractivity contribution < 1.29 is 4.79 Å². The van der Waals surface area contributed by atoms with Crippen LogP contribution >= 0.6 is 15.9 Å². The predicted molar refractivity (Wildman–Crippen MR) is 106 cm³/mol. The number of carbonyl (C=O) groups is 1. The fourth-order valence-electron chi connectivity index (χ4n) is 4.20. The Hall–Kier alpha value is -1.70. The van der Waals surface area contributed by atoms with Gasteiger partial charge in [-0.1, -0.05) is 20.3 Å². The van der Waals surface area contributed by atoms with Crippen LogP contribution in [0.25, 0.3) is 0 Å². The Balaban J connectivity index is 1.53. The van der Waals surface area contributed by atoms with E-state index in [1.807, 2.05) is 4.90 Å². The minimum absolute atomic E-state index is 0.00895. The number of amides is 1. The van der Waals surface area contributed by atoms with Gasteiger partial charge in [-0.3, -0.25) is 9.89 Å². The summed E-state index contributed by atoms with van der Waals surface area (Å²) in [6.45, 7) is 6.63. The lowest BCUT2D eigenvalue weighted by Crippen LogP contribution is -2.40. The zero-order chi connectivity index (χ0) is 19.0. The van der Waals surface area contributed by atoms with E-state index in [1.165, 1.54) is 19.3 Å². The Morgan fingerprint density at radius 2 is 2.04 bits per heavy atom. The number of hydrogen-bond donors (Lipinski definition) is 1. The molecule has 1 amide bonds. The molecule has 2 aliphatic heterocycles. The molecule has 0 spiro atoms. The number of aryl methyl sites for hydroxylation is 1. The Kier molecular flexibility index (Phi) is 5.34. The first kappa shape index (κ1) is 18.7. The van der Waals surface area contributed by atoms with E-state index in [1.54, 1.807) is 0 Å². The van der Waals surface area contributed by atoms with Crippen molar-refractivity contribution in [2.75, 3.05) is 13.1 Å². The van der Waals surface area contributed by atoms with Crippen LogP contribution in [-0.2, 0) is 13.0 Å². The Bertz CT molecular complexity index is 826. The van der Waals surface area contributed by atoms with E-state index in [9.17, 15) is 4.79 Å². The molecule has 1 unspecified atom stereocenters. The van der Waals surface area contributed by atoms with Gasteiger partial charge in [0.1, 0.15) is 11.6 Å². The van der Waals surface area contributed by atoms with Gasteiger partial charge in [-0.25, -0.2) is 0 Å². The second-order valence-corrected chi connectivity index (χ2v) is 8.77. The number of piperidine rings is 1. The lowest BCUT2D eigenvalue weighted by Gasteiger charge is -2.32. The molecule has 7 nitrogen and oxygen atoms in total. The highest BCUT2D eigenvalue weighted by Gasteiger charge is 2.32. The number of hydrogen-bond acceptors (Lipinski definition) is 4. The number of carbonyl (C=O) groups excluding carboxylic acids is 1. The fourth-order valence-corrected chi connectivity index (χ4v) is 5.00. The average molecular weight is 435 g/mol. The first-order chi connectivity index (χ1) is 13.1. The highest BCUT2D eigenvalue weighted by molar-refractivity contribution is 9.10. The van der Waals surface area contributed by atoms with Crippen molar-refractivity contribution in [3.63, 3.8) is 0 Å². The molecular weight excluding hydrogens is 408 g/mol. The summed E-state index contributed by atoms with van der Waals surface area (Å²) in [5, 5.41) is 16.3. The summed E-state index contributed by atoms with van der Waals surface area (Å²) in [5.74, 6) is 2.71. The van der Waals surface area contributed by atoms with Crippen LogP contribution in [0.15, 0.2) is 4.47 Å². The van der Waals surface area contributed by atoms with Crippen LogP contribution in [0.2, 0.25) is 0 Å². The van der Waals surface area contributed by atoms with Crippen LogP contribution < -0.4 is 0 Å². The number of aromatic amines is 1. The van der Waals surface area contributed by atoms with Crippen molar-refractivity contribution in [1.82, 2.24) is 29.9 Å². The standard InChI is InChI=1S/C19H27BrN6O/c1-12(2)16-15(20)17(23-22-16)19(27)25-9-6-7-13(11-25)18-24-21-14-8-4-3-5-10-26(14)18/h12-13H,3-11H2,1-2H3,(H,22,23). The van der Waals surface area contributed by atoms with Gasteiger partial charge in [0.15, 0.2) is 5.69 Å². The zero-order valence-electron chi connectivity index (χ0n) is 16.0. The van der Waals surface area contributed by atoms with Crippen LogP contribution in [0.5, 0.6) is 0 Å². The lowest BCUT2D eigenvalue weighted by atomic mass is 9.96. The van der Waals surface area contributed by atoms with Gasteiger partial charge in [0.2, 0.25) is 0 Å². The average Bonchev–Trinajstić information content (AvgIpc) is 3.17. The van der Waals surface area contributed by atoms with E-state index in [0.29, 0.717) is 12.2 Å². The second-order valence-electron chi connectivity index (χ2n) is 7.98. The summed E-state index contributed by atoms with van der Waals surface area (Å²) in [7, 11) is 0. The largest absolute Gasteiger partial charge is 0.336 e. The molecule has 2 aliphatic rings. The van der Waals surface area contributed by atoms with Gasteiger partial charge in [0.25, 0.3) is 5.91 Å². The minimum Gasteiger partial charge on any atom is -0.336 e. The molecule has 4 heterocycles. The topological polar surface area (TPSA) is 79.7 Å². The summed E-state index contributed by atoms with van der Waals surface area (Å²) in [6.07, 6.45) is 6.69. The number of halogens is 1. The van der Waals surface area contributed by atoms with Crippen molar-refractivity contribution in [2.24, 2.45) is 0 Å². The molecule has 2 aromatic rings. The summed E-state index contributed by atoms with van der Waals surface area (Å²) in [4.78, 5) is 15.0. The van der Waals surface area contributed by atoms with Gasteiger partial charge in [-0.15, -0.1) is 10.2 Å². The van der Waals surface area contributed by atoms with Gasteiger partial charge in [0, 0.05) is 32.0 Å². The molecule has 0 aromatic carbocycles.